The van der Waals surface area contributed by atoms with Gasteiger partial charge in [0, 0.05) is 27.1 Å². The van der Waals surface area contributed by atoms with E-state index in [1.807, 2.05) is 0 Å². The van der Waals surface area contributed by atoms with Crippen LogP contribution < -0.4 is 0 Å². The SMILES string of the molecule is O=C(Cc1ccc(Cl)cc1Cl)c1cc(Cl)ccc1Cl. The molecule has 0 heterocycles. The molecule has 0 radical (unpaired) electrons. The number of hydrogen-bond donors (Lipinski definition) is 0. The van der Waals surface area contributed by atoms with Crippen molar-refractivity contribution in [2.45, 2.75) is 6.42 Å². The van der Waals surface area contributed by atoms with Crippen molar-refractivity contribution in [2.75, 3.05) is 0 Å². The van der Waals surface area contributed by atoms with E-state index in [1.54, 1.807) is 36.4 Å². The van der Waals surface area contributed by atoms with Gasteiger partial charge in [0.25, 0.3) is 0 Å². The Bertz CT molecular complexity index is 637. The van der Waals surface area contributed by atoms with Crippen molar-refractivity contribution in [1.29, 1.82) is 0 Å². The molecule has 2 aromatic carbocycles. The Kier molecular flexibility index (Phi) is 4.75. The number of benzene rings is 2. The Morgan fingerprint density at radius 2 is 1.47 bits per heavy atom. The second-order valence-corrected chi connectivity index (χ2v) is 5.65. The van der Waals surface area contributed by atoms with Crippen molar-refractivity contribution in [2.24, 2.45) is 0 Å². The van der Waals surface area contributed by atoms with Gasteiger partial charge in [0.15, 0.2) is 5.78 Å². The Morgan fingerprint density at radius 1 is 0.842 bits per heavy atom. The second-order valence-electron chi connectivity index (χ2n) is 3.96. The molecule has 2 aromatic rings. The summed E-state index contributed by atoms with van der Waals surface area (Å²) < 4.78 is 0. The van der Waals surface area contributed by atoms with Crippen molar-refractivity contribution in [1.82, 2.24) is 0 Å². The van der Waals surface area contributed by atoms with E-state index in [2.05, 4.69) is 0 Å². The number of rotatable bonds is 3. The smallest absolute Gasteiger partial charge is 0.168 e. The Hall–Kier alpha value is -0.730. The zero-order chi connectivity index (χ0) is 14.0. The standard InChI is InChI=1S/C14H8Cl4O/c15-9-3-4-12(17)11(6-9)14(19)5-8-1-2-10(16)7-13(8)18/h1-4,6-7H,5H2. The third-order valence-corrected chi connectivity index (χ3v) is 3.75. The summed E-state index contributed by atoms with van der Waals surface area (Å²) in [6.45, 7) is 0. The quantitative estimate of drug-likeness (QED) is 0.656. The van der Waals surface area contributed by atoms with Crippen LogP contribution in [0.5, 0.6) is 0 Å². The average molecular weight is 334 g/mol. The van der Waals surface area contributed by atoms with Crippen molar-refractivity contribution in [3.63, 3.8) is 0 Å². The highest BCUT2D eigenvalue weighted by molar-refractivity contribution is 6.36. The Morgan fingerprint density at radius 3 is 2.16 bits per heavy atom. The molecule has 0 aromatic heterocycles. The Labute approximate surface area is 131 Å². The monoisotopic (exact) mass is 332 g/mol. The molecule has 0 unspecified atom stereocenters. The molecule has 0 aliphatic rings. The van der Waals surface area contributed by atoms with Crippen LogP contribution >= 0.6 is 46.4 Å². The fourth-order valence-electron chi connectivity index (χ4n) is 1.64. The fraction of sp³-hybridized carbons (Fsp3) is 0.0714. The first-order valence-electron chi connectivity index (χ1n) is 5.39. The van der Waals surface area contributed by atoms with E-state index in [0.717, 1.165) is 0 Å². The van der Waals surface area contributed by atoms with Gasteiger partial charge in [-0.2, -0.15) is 0 Å². The molecule has 19 heavy (non-hydrogen) atoms. The highest BCUT2D eigenvalue weighted by Crippen LogP contribution is 2.25. The lowest BCUT2D eigenvalue weighted by atomic mass is 10.0. The van der Waals surface area contributed by atoms with E-state index in [1.165, 1.54) is 0 Å². The maximum atomic E-state index is 12.2. The summed E-state index contributed by atoms with van der Waals surface area (Å²) in [5.74, 6) is -0.142. The molecule has 0 amide bonds. The lowest BCUT2D eigenvalue weighted by Gasteiger charge is -2.06. The van der Waals surface area contributed by atoms with Crippen molar-refractivity contribution < 1.29 is 4.79 Å². The first kappa shape index (κ1) is 14.7. The van der Waals surface area contributed by atoms with Gasteiger partial charge in [-0.15, -0.1) is 0 Å². The summed E-state index contributed by atoms with van der Waals surface area (Å²) in [6, 6.07) is 9.80. The summed E-state index contributed by atoms with van der Waals surface area (Å²) in [4.78, 5) is 12.2. The molecule has 0 spiro atoms. The van der Waals surface area contributed by atoms with Crippen LogP contribution in [0.25, 0.3) is 0 Å². The van der Waals surface area contributed by atoms with Gasteiger partial charge < -0.3 is 0 Å². The number of Topliss-reactive ketones (excluding diaryl/α,β-unsaturated/α-hetero) is 1. The number of hydrogen-bond acceptors (Lipinski definition) is 1. The van der Waals surface area contributed by atoms with E-state index in [0.29, 0.717) is 31.2 Å². The van der Waals surface area contributed by atoms with Gasteiger partial charge in [-0.05, 0) is 35.9 Å². The lowest BCUT2D eigenvalue weighted by molar-refractivity contribution is 0.0993. The molecular weight excluding hydrogens is 326 g/mol. The minimum absolute atomic E-state index is 0.142. The van der Waals surface area contributed by atoms with Crippen LogP contribution in [0, 0.1) is 0 Å². The molecule has 0 atom stereocenters. The molecule has 1 nitrogen and oxygen atoms in total. The molecule has 0 aliphatic carbocycles. The molecule has 0 saturated heterocycles. The number of ketones is 1. The van der Waals surface area contributed by atoms with E-state index in [-0.39, 0.29) is 12.2 Å². The minimum atomic E-state index is -0.142. The lowest BCUT2D eigenvalue weighted by Crippen LogP contribution is -2.05. The first-order valence-corrected chi connectivity index (χ1v) is 6.91. The average Bonchev–Trinajstić information content (AvgIpc) is 2.35. The maximum absolute atomic E-state index is 12.2. The zero-order valence-electron chi connectivity index (χ0n) is 9.59. The molecule has 2 rings (SSSR count). The van der Waals surface area contributed by atoms with Crippen molar-refractivity contribution >= 4 is 52.2 Å². The summed E-state index contributed by atoms with van der Waals surface area (Å²) in [6.07, 6.45) is 0.149. The van der Waals surface area contributed by atoms with Gasteiger partial charge in [0.2, 0.25) is 0 Å². The molecule has 0 bridgehead atoms. The second kappa shape index (κ2) is 6.15. The molecule has 0 saturated carbocycles. The van der Waals surface area contributed by atoms with Gasteiger partial charge in [-0.25, -0.2) is 0 Å². The van der Waals surface area contributed by atoms with Gasteiger partial charge in [-0.3, -0.25) is 4.79 Å². The van der Waals surface area contributed by atoms with Crippen LogP contribution in [-0.2, 0) is 6.42 Å². The van der Waals surface area contributed by atoms with Gasteiger partial charge in [0.05, 0.1) is 5.02 Å². The summed E-state index contributed by atoms with van der Waals surface area (Å²) in [7, 11) is 0. The molecule has 0 fully saturated rings. The molecule has 0 N–H and O–H groups in total. The van der Waals surface area contributed by atoms with Gasteiger partial charge in [-0.1, -0.05) is 52.5 Å². The highest BCUT2D eigenvalue weighted by Gasteiger charge is 2.13. The van der Waals surface area contributed by atoms with Crippen LogP contribution in [0.2, 0.25) is 20.1 Å². The molecule has 0 aliphatic heterocycles. The van der Waals surface area contributed by atoms with E-state index in [4.69, 9.17) is 46.4 Å². The Balaban J connectivity index is 2.28. The van der Waals surface area contributed by atoms with Crippen LogP contribution in [0.3, 0.4) is 0 Å². The van der Waals surface area contributed by atoms with Crippen molar-refractivity contribution in [3.8, 4) is 0 Å². The first-order chi connectivity index (χ1) is 8.97. The van der Waals surface area contributed by atoms with Crippen LogP contribution in [0.15, 0.2) is 36.4 Å². The van der Waals surface area contributed by atoms with Crippen LogP contribution in [-0.4, -0.2) is 5.78 Å². The van der Waals surface area contributed by atoms with Crippen LogP contribution in [0.4, 0.5) is 0 Å². The van der Waals surface area contributed by atoms with E-state index in [9.17, 15) is 4.79 Å². The largest absolute Gasteiger partial charge is 0.294 e. The van der Waals surface area contributed by atoms with E-state index < -0.39 is 0 Å². The normalized spacial score (nSPS) is 10.5. The predicted molar refractivity (Wildman–Crippen MR) is 81.0 cm³/mol. The summed E-state index contributed by atoms with van der Waals surface area (Å²) in [5, 5.41) is 1.83. The topological polar surface area (TPSA) is 17.1 Å². The number of carbonyl (C=O) groups is 1. The number of halogens is 4. The zero-order valence-corrected chi connectivity index (χ0v) is 12.6. The highest BCUT2D eigenvalue weighted by atomic mass is 35.5. The minimum Gasteiger partial charge on any atom is -0.294 e. The van der Waals surface area contributed by atoms with E-state index >= 15 is 0 Å². The van der Waals surface area contributed by atoms with Gasteiger partial charge >= 0.3 is 0 Å². The summed E-state index contributed by atoms with van der Waals surface area (Å²) >= 11 is 23.7. The molecule has 98 valence electrons. The third kappa shape index (κ3) is 3.64. The third-order valence-electron chi connectivity index (χ3n) is 2.59. The van der Waals surface area contributed by atoms with Gasteiger partial charge in [0.1, 0.15) is 0 Å². The maximum Gasteiger partial charge on any atom is 0.168 e. The number of carbonyl (C=O) groups excluding carboxylic acids is 1. The van der Waals surface area contributed by atoms with Crippen molar-refractivity contribution in [3.05, 3.63) is 67.6 Å². The van der Waals surface area contributed by atoms with Crippen LogP contribution in [0.1, 0.15) is 15.9 Å². The summed E-state index contributed by atoms with van der Waals surface area (Å²) in [5.41, 5.74) is 1.09. The predicted octanol–water partition coefficient (Wildman–Crippen LogP) is 5.73. The molecular formula is C14H8Cl4O. The molecule has 5 heteroatoms. The fourth-order valence-corrected chi connectivity index (χ4v) is 2.51.